The molecule has 0 aliphatic rings. The molecule has 1 aromatic carbocycles. The molecule has 3 heteroatoms. The fourth-order valence-corrected chi connectivity index (χ4v) is 1.39. The number of carbonyl (C=O) groups is 1. The predicted octanol–water partition coefficient (Wildman–Crippen LogP) is 2.47. The van der Waals surface area contributed by atoms with Gasteiger partial charge in [-0.3, -0.25) is 4.79 Å². The van der Waals surface area contributed by atoms with Crippen molar-refractivity contribution >= 4 is 21.8 Å². The highest BCUT2D eigenvalue weighted by atomic mass is 79.9. The molecule has 0 spiro atoms. The molecule has 0 aliphatic heterocycles. The molecule has 0 N–H and O–H groups in total. The molecule has 14 heavy (non-hydrogen) atoms. The number of rotatable bonds is 3. The van der Waals surface area contributed by atoms with E-state index in [1.807, 2.05) is 24.3 Å². The van der Waals surface area contributed by atoms with Crippen molar-refractivity contribution < 1.29 is 4.79 Å². The summed E-state index contributed by atoms with van der Waals surface area (Å²) in [5, 5.41) is 0. The van der Waals surface area contributed by atoms with Crippen LogP contribution in [0, 0.1) is 0 Å². The summed E-state index contributed by atoms with van der Waals surface area (Å²) in [5.74, 6) is 0.174. The summed E-state index contributed by atoms with van der Waals surface area (Å²) < 4.78 is 1.07. The highest BCUT2D eigenvalue weighted by molar-refractivity contribution is 9.10. The molecule has 0 bridgehead atoms. The molecule has 0 aromatic heterocycles. The Morgan fingerprint density at radius 2 is 1.86 bits per heavy atom. The van der Waals surface area contributed by atoms with Gasteiger partial charge < -0.3 is 4.90 Å². The molecule has 2 nitrogen and oxygen atoms in total. The zero-order chi connectivity index (χ0) is 10.6. The van der Waals surface area contributed by atoms with Crippen LogP contribution in [0.2, 0.25) is 0 Å². The van der Waals surface area contributed by atoms with Crippen molar-refractivity contribution in [1.29, 1.82) is 0 Å². The fourth-order valence-electron chi connectivity index (χ4n) is 1.13. The molecular weight excluding hydrogens is 242 g/mol. The average molecular weight is 256 g/mol. The van der Waals surface area contributed by atoms with Gasteiger partial charge in [-0.2, -0.15) is 0 Å². The smallest absolute Gasteiger partial charge is 0.222 e. The van der Waals surface area contributed by atoms with Gasteiger partial charge in [0.1, 0.15) is 0 Å². The van der Waals surface area contributed by atoms with Gasteiger partial charge in [-0.15, -0.1) is 0 Å². The lowest BCUT2D eigenvalue weighted by molar-refractivity contribution is -0.128. The van der Waals surface area contributed by atoms with Gasteiger partial charge in [-0.25, -0.2) is 0 Å². The van der Waals surface area contributed by atoms with Crippen LogP contribution in [0.5, 0.6) is 0 Å². The van der Waals surface area contributed by atoms with E-state index in [0.717, 1.165) is 10.9 Å². The molecule has 0 atom stereocenters. The van der Waals surface area contributed by atoms with Crippen molar-refractivity contribution in [1.82, 2.24) is 4.90 Å². The highest BCUT2D eigenvalue weighted by Gasteiger charge is 2.03. The number of hydrogen-bond donors (Lipinski definition) is 0. The number of carbonyl (C=O) groups excluding carboxylic acids is 1. The van der Waals surface area contributed by atoms with E-state index in [1.54, 1.807) is 19.0 Å². The van der Waals surface area contributed by atoms with Gasteiger partial charge in [-0.1, -0.05) is 28.1 Å². The predicted molar refractivity (Wildman–Crippen MR) is 61.2 cm³/mol. The van der Waals surface area contributed by atoms with E-state index < -0.39 is 0 Å². The number of nitrogens with zero attached hydrogens (tertiary/aromatic N) is 1. The molecule has 1 rings (SSSR count). The average Bonchev–Trinajstić information content (AvgIpc) is 2.16. The van der Waals surface area contributed by atoms with E-state index in [0.29, 0.717) is 6.42 Å². The minimum absolute atomic E-state index is 0.174. The van der Waals surface area contributed by atoms with Crippen molar-refractivity contribution in [3.8, 4) is 0 Å². The number of hydrogen-bond acceptors (Lipinski definition) is 1. The Balaban J connectivity index is 2.46. The monoisotopic (exact) mass is 255 g/mol. The van der Waals surface area contributed by atoms with Crippen molar-refractivity contribution in [3.63, 3.8) is 0 Å². The normalized spacial score (nSPS) is 9.93. The maximum absolute atomic E-state index is 11.3. The second-order valence-electron chi connectivity index (χ2n) is 3.41. The van der Waals surface area contributed by atoms with Gasteiger partial charge in [0.25, 0.3) is 0 Å². The first-order valence-electron chi connectivity index (χ1n) is 4.54. The molecule has 0 fully saturated rings. The zero-order valence-corrected chi connectivity index (χ0v) is 10.0. The van der Waals surface area contributed by atoms with Crippen LogP contribution in [0.15, 0.2) is 28.7 Å². The van der Waals surface area contributed by atoms with Gasteiger partial charge in [0.05, 0.1) is 0 Å². The Kier molecular flexibility index (Phi) is 4.14. The summed E-state index contributed by atoms with van der Waals surface area (Å²) in [4.78, 5) is 12.9. The highest BCUT2D eigenvalue weighted by Crippen LogP contribution is 2.11. The molecule has 1 amide bonds. The zero-order valence-electron chi connectivity index (χ0n) is 8.46. The number of amides is 1. The van der Waals surface area contributed by atoms with E-state index in [-0.39, 0.29) is 5.91 Å². The van der Waals surface area contributed by atoms with E-state index in [9.17, 15) is 4.79 Å². The lowest BCUT2D eigenvalue weighted by Gasteiger charge is -2.09. The van der Waals surface area contributed by atoms with Crippen LogP contribution in [0.25, 0.3) is 0 Å². The molecule has 1 aromatic rings. The topological polar surface area (TPSA) is 20.3 Å². The lowest BCUT2D eigenvalue weighted by atomic mass is 10.1. The quantitative estimate of drug-likeness (QED) is 0.813. The molecular formula is C11H14BrNO. The number of aryl methyl sites for hydroxylation is 1. The van der Waals surface area contributed by atoms with Crippen LogP contribution < -0.4 is 0 Å². The van der Waals surface area contributed by atoms with E-state index in [1.165, 1.54) is 5.56 Å². The molecule has 0 saturated carbocycles. The van der Waals surface area contributed by atoms with Crippen LogP contribution in [0.1, 0.15) is 12.0 Å². The van der Waals surface area contributed by atoms with Crippen molar-refractivity contribution in [2.75, 3.05) is 14.1 Å². The van der Waals surface area contributed by atoms with Crippen LogP contribution in [-0.2, 0) is 11.2 Å². The first kappa shape index (κ1) is 11.2. The minimum atomic E-state index is 0.174. The Hall–Kier alpha value is -0.830. The molecule has 0 saturated heterocycles. The first-order valence-corrected chi connectivity index (χ1v) is 5.33. The Labute approximate surface area is 93.0 Å². The lowest BCUT2D eigenvalue weighted by Crippen LogP contribution is -2.21. The fraction of sp³-hybridized carbons (Fsp3) is 0.364. The van der Waals surface area contributed by atoms with Crippen LogP contribution >= 0.6 is 15.9 Å². The Morgan fingerprint density at radius 1 is 1.29 bits per heavy atom. The molecule has 0 unspecified atom stereocenters. The van der Waals surface area contributed by atoms with Gasteiger partial charge in [0.15, 0.2) is 0 Å². The van der Waals surface area contributed by atoms with E-state index in [2.05, 4.69) is 15.9 Å². The second kappa shape index (κ2) is 5.15. The summed E-state index contributed by atoms with van der Waals surface area (Å²) >= 11 is 3.37. The Morgan fingerprint density at radius 3 is 2.36 bits per heavy atom. The van der Waals surface area contributed by atoms with Crippen molar-refractivity contribution in [2.45, 2.75) is 12.8 Å². The maximum atomic E-state index is 11.3. The number of halogens is 1. The third-order valence-electron chi connectivity index (χ3n) is 2.04. The summed E-state index contributed by atoms with van der Waals surface area (Å²) in [5.41, 5.74) is 1.20. The van der Waals surface area contributed by atoms with Crippen LogP contribution in [0.4, 0.5) is 0 Å². The molecule has 0 heterocycles. The van der Waals surface area contributed by atoms with Crippen molar-refractivity contribution in [3.05, 3.63) is 34.3 Å². The van der Waals surface area contributed by atoms with Gasteiger partial charge in [-0.05, 0) is 24.1 Å². The van der Waals surface area contributed by atoms with Gasteiger partial charge in [0.2, 0.25) is 5.91 Å². The summed E-state index contributed by atoms with van der Waals surface area (Å²) in [6, 6.07) is 8.06. The minimum Gasteiger partial charge on any atom is -0.349 e. The molecule has 0 radical (unpaired) electrons. The Bertz CT molecular complexity index is 306. The first-order chi connectivity index (χ1) is 6.59. The summed E-state index contributed by atoms with van der Waals surface area (Å²) in [7, 11) is 3.56. The summed E-state index contributed by atoms with van der Waals surface area (Å²) in [6.07, 6.45) is 1.39. The second-order valence-corrected chi connectivity index (χ2v) is 4.33. The molecule has 76 valence electrons. The van der Waals surface area contributed by atoms with Gasteiger partial charge in [0, 0.05) is 25.0 Å². The largest absolute Gasteiger partial charge is 0.349 e. The van der Waals surface area contributed by atoms with Crippen LogP contribution in [0.3, 0.4) is 0 Å². The standard InChI is InChI=1S/C11H14BrNO/c1-13(2)11(14)8-5-9-3-6-10(12)7-4-9/h3-4,6-7H,5,8H2,1-2H3. The number of benzene rings is 1. The van der Waals surface area contributed by atoms with E-state index in [4.69, 9.17) is 0 Å². The SMILES string of the molecule is CN(C)C(=O)CCc1ccc(Br)cc1. The summed E-state index contributed by atoms with van der Waals surface area (Å²) in [6.45, 7) is 0. The third kappa shape index (κ3) is 3.50. The van der Waals surface area contributed by atoms with Gasteiger partial charge >= 0.3 is 0 Å². The van der Waals surface area contributed by atoms with E-state index >= 15 is 0 Å². The molecule has 0 aliphatic carbocycles. The van der Waals surface area contributed by atoms with Crippen molar-refractivity contribution in [2.24, 2.45) is 0 Å². The van der Waals surface area contributed by atoms with Crippen LogP contribution in [-0.4, -0.2) is 24.9 Å². The third-order valence-corrected chi connectivity index (χ3v) is 2.57. The maximum Gasteiger partial charge on any atom is 0.222 e.